The molecule has 1 heterocycles. The van der Waals surface area contributed by atoms with Gasteiger partial charge in [-0.25, -0.2) is 4.68 Å². The summed E-state index contributed by atoms with van der Waals surface area (Å²) in [6.07, 6.45) is 2.50. The van der Waals surface area contributed by atoms with E-state index < -0.39 is 0 Å². The maximum atomic E-state index is 5.87. The van der Waals surface area contributed by atoms with Gasteiger partial charge in [0.05, 0.1) is 6.54 Å². The Morgan fingerprint density at radius 2 is 2.15 bits per heavy atom. The van der Waals surface area contributed by atoms with Crippen molar-refractivity contribution in [3.63, 3.8) is 0 Å². The molecule has 0 spiro atoms. The number of nitrogen functional groups attached to an aromatic ring is 1. The van der Waals surface area contributed by atoms with Crippen molar-refractivity contribution in [2.45, 2.75) is 33.2 Å². The monoisotopic (exact) mass is 335 g/mol. The van der Waals surface area contributed by atoms with Gasteiger partial charge in [-0.15, -0.1) is 5.10 Å². The molecule has 0 saturated heterocycles. The van der Waals surface area contributed by atoms with Crippen LogP contribution in [0.1, 0.15) is 26.7 Å². The Morgan fingerprint density at radius 3 is 2.80 bits per heavy atom. The van der Waals surface area contributed by atoms with E-state index in [1.807, 2.05) is 22.9 Å². The van der Waals surface area contributed by atoms with Gasteiger partial charge in [-0.2, -0.15) is 0 Å². The molecule has 1 aromatic heterocycles. The number of anilines is 1. The normalized spacial score (nSPS) is 16.6. The molecule has 106 valence electrons. The molecular weight excluding hydrogens is 318 g/mol. The van der Waals surface area contributed by atoms with Crippen LogP contribution in [0.25, 0.3) is 11.4 Å². The first-order chi connectivity index (χ1) is 9.52. The standard InChI is InChI=1S/C14H18BrN5/c1-9(2)14(5-6-14)8-20-13(17-18-19-20)11-7-10(16)3-4-12(11)15/h3-4,7,9H,5-6,8,16H2,1-2H3. The predicted octanol–water partition coefficient (Wildman–Crippen LogP) is 3.12. The number of hydrogen-bond donors (Lipinski definition) is 1. The number of rotatable bonds is 4. The number of benzene rings is 1. The number of halogens is 1. The fourth-order valence-corrected chi connectivity index (χ4v) is 3.02. The van der Waals surface area contributed by atoms with Crippen LogP contribution in [0.3, 0.4) is 0 Å². The van der Waals surface area contributed by atoms with Gasteiger partial charge < -0.3 is 5.73 Å². The van der Waals surface area contributed by atoms with Crippen LogP contribution in [0, 0.1) is 11.3 Å². The number of nitrogens with zero attached hydrogens (tertiary/aromatic N) is 4. The third-order valence-electron chi connectivity index (χ3n) is 4.34. The molecule has 1 fully saturated rings. The third-order valence-corrected chi connectivity index (χ3v) is 5.04. The first-order valence-electron chi connectivity index (χ1n) is 6.83. The summed E-state index contributed by atoms with van der Waals surface area (Å²) in [7, 11) is 0. The lowest BCUT2D eigenvalue weighted by atomic mass is 9.92. The van der Waals surface area contributed by atoms with E-state index in [-0.39, 0.29) is 0 Å². The summed E-state index contributed by atoms with van der Waals surface area (Å²) in [5.41, 5.74) is 7.88. The van der Waals surface area contributed by atoms with Crippen molar-refractivity contribution in [1.82, 2.24) is 20.2 Å². The predicted molar refractivity (Wildman–Crippen MR) is 81.9 cm³/mol. The van der Waals surface area contributed by atoms with Gasteiger partial charge in [-0.05, 0) is 52.8 Å². The van der Waals surface area contributed by atoms with Gasteiger partial charge in [0.25, 0.3) is 0 Å². The number of aromatic nitrogens is 4. The Kier molecular flexibility index (Phi) is 3.28. The summed E-state index contributed by atoms with van der Waals surface area (Å²) < 4.78 is 2.86. The van der Waals surface area contributed by atoms with Crippen molar-refractivity contribution in [3.05, 3.63) is 22.7 Å². The molecule has 20 heavy (non-hydrogen) atoms. The van der Waals surface area contributed by atoms with Crippen LogP contribution in [0.4, 0.5) is 5.69 Å². The Hall–Kier alpha value is -1.43. The quantitative estimate of drug-likeness (QED) is 0.871. The van der Waals surface area contributed by atoms with Gasteiger partial charge in [0.15, 0.2) is 5.82 Å². The molecule has 5 nitrogen and oxygen atoms in total. The van der Waals surface area contributed by atoms with Gasteiger partial charge >= 0.3 is 0 Å². The number of hydrogen-bond acceptors (Lipinski definition) is 4. The minimum atomic E-state index is 0.358. The van der Waals surface area contributed by atoms with Crippen LogP contribution in [-0.2, 0) is 6.54 Å². The highest BCUT2D eigenvalue weighted by Gasteiger charge is 2.46. The highest BCUT2D eigenvalue weighted by Crippen LogP contribution is 2.53. The lowest BCUT2D eigenvalue weighted by Crippen LogP contribution is -2.19. The molecule has 1 aliphatic carbocycles. The van der Waals surface area contributed by atoms with Crippen LogP contribution in [0.15, 0.2) is 22.7 Å². The van der Waals surface area contributed by atoms with E-state index in [4.69, 9.17) is 5.73 Å². The summed E-state index contributed by atoms with van der Waals surface area (Å²) in [5.74, 6) is 1.42. The summed E-state index contributed by atoms with van der Waals surface area (Å²) in [6.45, 7) is 5.41. The fraction of sp³-hybridized carbons (Fsp3) is 0.500. The summed E-state index contributed by atoms with van der Waals surface area (Å²) in [6, 6.07) is 5.69. The Balaban J connectivity index is 1.96. The lowest BCUT2D eigenvalue weighted by Gasteiger charge is -2.19. The van der Waals surface area contributed by atoms with Crippen molar-refractivity contribution in [2.75, 3.05) is 5.73 Å². The molecule has 1 saturated carbocycles. The van der Waals surface area contributed by atoms with Crippen LogP contribution >= 0.6 is 15.9 Å². The highest BCUT2D eigenvalue weighted by molar-refractivity contribution is 9.10. The lowest BCUT2D eigenvalue weighted by molar-refractivity contribution is 0.294. The zero-order valence-corrected chi connectivity index (χ0v) is 13.3. The minimum Gasteiger partial charge on any atom is -0.399 e. The second kappa shape index (κ2) is 4.84. The second-order valence-electron chi connectivity index (χ2n) is 5.92. The third kappa shape index (κ3) is 2.32. The number of tetrazole rings is 1. The first-order valence-corrected chi connectivity index (χ1v) is 7.63. The molecule has 0 atom stereocenters. The van der Waals surface area contributed by atoms with Gasteiger partial charge in [0.2, 0.25) is 0 Å². The topological polar surface area (TPSA) is 69.6 Å². The molecule has 1 aliphatic rings. The van der Waals surface area contributed by atoms with E-state index in [2.05, 4.69) is 45.3 Å². The smallest absolute Gasteiger partial charge is 0.183 e. The Bertz CT molecular complexity index is 630. The van der Waals surface area contributed by atoms with Crippen molar-refractivity contribution < 1.29 is 0 Å². The summed E-state index contributed by atoms with van der Waals surface area (Å²) >= 11 is 3.55. The maximum Gasteiger partial charge on any atom is 0.183 e. The van der Waals surface area contributed by atoms with E-state index in [9.17, 15) is 0 Å². The van der Waals surface area contributed by atoms with Crippen molar-refractivity contribution in [2.24, 2.45) is 11.3 Å². The van der Waals surface area contributed by atoms with Crippen LogP contribution in [0.2, 0.25) is 0 Å². The van der Waals surface area contributed by atoms with Crippen molar-refractivity contribution in [3.8, 4) is 11.4 Å². The summed E-state index contributed by atoms with van der Waals surface area (Å²) in [4.78, 5) is 0. The molecule has 1 aromatic carbocycles. The van der Waals surface area contributed by atoms with E-state index in [1.54, 1.807) is 0 Å². The molecule has 0 aliphatic heterocycles. The van der Waals surface area contributed by atoms with E-state index in [1.165, 1.54) is 12.8 Å². The molecule has 0 unspecified atom stereocenters. The SMILES string of the molecule is CC(C)C1(Cn2nnnc2-c2cc(N)ccc2Br)CC1. The molecule has 2 N–H and O–H groups in total. The average molecular weight is 336 g/mol. The Morgan fingerprint density at radius 1 is 1.40 bits per heavy atom. The largest absolute Gasteiger partial charge is 0.399 e. The van der Waals surface area contributed by atoms with Crippen LogP contribution in [-0.4, -0.2) is 20.2 Å². The average Bonchev–Trinajstić information content (AvgIpc) is 3.05. The molecular formula is C14H18BrN5. The second-order valence-corrected chi connectivity index (χ2v) is 6.77. The van der Waals surface area contributed by atoms with Gasteiger partial charge in [-0.3, -0.25) is 0 Å². The zero-order chi connectivity index (χ0) is 14.3. The van der Waals surface area contributed by atoms with E-state index >= 15 is 0 Å². The highest BCUT2D eigenvalue weighted by atomic mass is 79.9. The fourth-order valence-electron chi connectivity index (χ4n) is 2.60. The molecule has 3 rings (SSSR count). The van der Waals surface area contributed by atoms with Gasteiger partial charge in [-0.1, -0.05) is 29.8 Å². The van der Waals surface area contributed by atoms with Crippen LogP contribution in [0.5, 0.6) is 0 Å². The van der Waals surface area contributed by atoms with Crippen molar-refractivity contribution >= 4 is 21.6 Å². The molecule has 6 heteroatoms. The molecule has 0 amide bonds. The number of nitrogens with two attached hydrogens (primary N) is 1. The van der Waals surface area contributed by atoms with Crippen molar-refractivity contribution in [1.29, 1.82) is 0 Å². The van der Waals surface area contributed by atoms with Gasteiger partial charge in [0.1, 0.15) is 0 Å². The van der Waals surface area contributed by atoms with Gasteiger partial charge in [0, 0.05) is 15.7 Å². The maximum absolute atomic E-state index is 5.87. The minimum absolute atomic E-state index is 0.358. The summed E-state index contributed by atoms with van der Waals surface area (Å²) in [5, 5.41) is 12.2. The zero-order valence-electron chi connectivity index (χ0n) is 11.7. The molecule has 2 aromatic rings. The van der Waals surface area contributed by atoms with Crippen LogP contribution < -0.4 is 5.73 Å². The van der Waals surface area contributed by atoms with E-state index in [0.717, 1.165) is 22.4 Å². The van der Waals surface area contributed by atoms with E-state index in [0.29, 0.717) is 17.0 Å². The Labute approximate surface area is 126 Å². The molecule has 0 bridgehead atoms. The molecule has 0 radical (unpaired) electrons. The first kappa shape index (κ1) is 13.5.